The van der Waals surface area contributed by atoms with E-state index >= 15 is 0 Å². The molecular weight excluding hydrogens is 290 g/mol. The molecule has 1 fully saturated rings. The van der Waals surface area contributed by atoms with Gasteiger partial charge in [-0.05, 0) is 43.4 Å². The van der Waals surface area contributed by atoms with Gasteiger partial charge < -0.3 is 4.90 Å². The van der Waals surface area contributed by atoms with Crippen molar-refractivity contribution in [3.8, 4) is 0 Å². The Balaban J connectivity index is 2.07. The lowest BCUT2D eigenvalue weighted by Crippen LogP contribution is -2.31. The van der Waals surface area contributed by atoms with E-state index in [1.807, 2.05) is 37.1 Å². The molecule has 0 radical (unpaired) electrons. The number of halogens is 1. The molecule has 0 spiro atoms. The van der Waals surface area contributed by atoms with Gasteiger partial charge in [0.25, 0.3) is 5.91 Å². The minimum Gasteiger partial charge on any atom is -0.341 e. The van der Waals surface area contributed by atoms with E-state index in [-0.39, 0.29) is 5.91 Å². The number of rotatable bonds is 3. The van der Waals surface area contributed by atoms with Crippen LogP contribution in [-0.4, -0.2) is 24.4 Å². The monoisotopic (exact) mass is 309 g/mol. The Kier molecular flexibility index (Phi) is 4.44. The van der Waals surface area contributed by atoms with Crippen molar-refractivity contribution < 1.29 is 4.79 Å². The van der Waals surface area contributed by atoms with Crippen LogP contribution in [0, 0.1) is 12.8 Å². The second kappa shape index (κ2) is 5.87. The summed E-state index contributed by atoms with van der Waals surface area (Å²) in [6, 6.07) is 5.81. The predicted octanol–water partition coefficient (Wildman–Crippen LogP) is 4.02. The molecule has 0 aromatic heterocycles. The number of hydrogen-bond acceptors (Lipinski definition) is 1. The summed E-state index contributed by atoms with van der Waals surface area (Å²) in [4.78, 5) is 14.3. The predicted molar refractivity (Wildman–Crippen MR) is 77.8 cm³/mol. The summed E-state index contributed by atoms with van der Waals surface area (Å²) in [5.74, 6) is 0.840. The zero-order valence-electron chi connectivity index (χ0n) is 11.1. The molecule has 3 heteroatoms. The minimum absolute atomic E-state index is 0.140. The molecule has 2 nitrogen and oxygen atoms in total. The number of amides is 1. The molecule has 1 amide bonds. The van der Waals surface area contributed by atoms with E-state index in [2.05, 4.69) is 15.9 Å². The molecule has 1 saturated carbocycles. The normalized spacial score (nSPS) is 15.9. The van der Waals surface area contributed by atoms with Gasteiger partial charge in [0.15, 0.2) is 0 Å². The van der Waals surface area contributed by atoms with Crippen LogP contribution in [-0.2, 0) is 0 Å². The van der Waals surface area contributed by atoms with Crippen LogP contribution >= 0.6 is 15.9 Å². The number of benzene rings is 1. The van der Waals surface area contributed by atoms with Crippen molar-refractivity contribution in [3.63, 3.8) is 0 Å². The van der Waals surface area contributed by atoms with Crippen molar-refractivity contribution >= 4 is 21.8 Å². The molecule has 0 saturated heterocycles. The largest absolute Gasteiger partial charge is 0.341 e. The van der Waals surface area contributed by atoms with Gasteiger partial charge in [0.1, 0.15) is 0 Å². The van der Waals surface area contributed by atoms with Crippen molar-refractivity contribution in [3.05, 3.63) is 33.8 Å². The van der Waals surface area contributed by atoms with Crippen molar-refractivity contribution in [1.29, 1.82) is 0 Å². The van der Waals surface area contributed by atoms with E-state index in [1.54, 1.807) is 0 Å². The van der Waals surface area contributed by atoms with Gasteiger partial charge in [-0.3, -0.25) is 4.79 Å². The van der Waals surface area contributed by atoms with Gasteiger partial charge >= 0.3 is 0 Å². The molecule has 0 N–H and O–H groups in total. The average Bonchev–Trinajstić information content (AvgIpc) is 2.84. The molecule has 0 aliphatic heterocycles. The van der Waals surface area contributed by atoms with Crippen LogP contribution in [0.15, 0.2) is 22.7 Å². The SMILES string of the molecule is Cc1c(Br)cccc1C(=O)N(C)CC1CCCC1. The van der Waals surface area contributed by atoms with Gasteiger partial charge in [-0.1, -0.05) is 34.8 Å². The van der Waals surface area contributed by atoms with Crippen molar-refractivity contribution in [2.45, 2.75) is 32.6 Å². The third-order valence-corrected chi connectivity index (χ3v) is 4.71. The summed E-state index contributed by atoms with van der Waals surface area (Å²) >= 11 is 3.48. The lowest BCUT2D eigenvalue weighted by Gasteiger charge is -2.22. The minimum atomic E-state index is 0.140. The summed E-state index contributed by atoms with van der Waals surface area (Å²) in [7, 11) is 1.92. The van der Waals surface area contributed by atoms with Crippen LogP contribution in [0.3, 0.4) is 0 Å². The van der Waals surface area contributed by atoms with E-state index in [0.717, 1.165) is 22.1 Å². The van der Waals surface area contributed by atoms with E-state index in [4.69, 9.17) is 0 Å². The fraction of sp³-hybridized carbons (Fsp3) is 0.533. The second-order valence-corrected chi connectivity index (χ2v) is 6.10. The highest BCUT2D eigenvalue weighted by molar-refractivity contribution is 9.10. The Hall–Kier alpha value is -0.830. The third kappa shape index (κ3) is 2.94. The van der Waals surface area contributed by atoms with Crippen LogP contribution in [0.4, 0.5) is 0 Å². The number of nitrogens with zero attached hydrogens (tertiary/aromatic N) is 1. The van der Waals surface area contributed by atoms with Gasteiger partial charge in [-0.15, -0.1) is 0 Å². The lowest BCUT2D eigenvalue weighted by atomic mass is 10.1. The Morgan fingerprint density at radius 1 is 1.39 bits per heavy atom. The molecule has 1 aromatic rings. The zero-order valence-corrected chi connectivity index (χ0v) is 12.7. The highest BCUT2D eigenvalue weighted by atomic mass is 79.9. The smallest absolute Gasteiger partial charge is 0.253 e. The highest BCUT2D eigenvalue weighted by Crippen LogP contribution is 2.26. The summed E-state index contributed by atoms with van der Waals surface area (Å²) in [6.07, 6.45) is 5.19. The number of carbonyl (C=O) groups is 1. The summed E-state index contributed by atoms with van der Waals surface area (Å²) in [5.41, 5.74) is 1.84. The van der Waals surface area contributed by atoms with Gasteiger partial charge in [0.2, 0.25) is 0 Å². The maximum absolute atomic E-state index is 12.4. The molecule has 1 aromatic carbocycles. The lowest BCUT2D eigenvalue weighted by molar-refractivity contribution is 0.0772. The van der Waals surface area contributed by atoms with Crippen LogP contribution < -0.4 is 0 Å². The number of carbonyl (C=O) groups excluding carboxylic acids is 1. The van der Waals surface area contributed by atoms with Gasteiger partial charge in [0.05, 0.1) is 0 Å². The van der Waals surface area contributed by atoms with Crippen LogP contribution in [0.25, 0.3) is 0 Å². The first-order chi connectivity index (χ1) is 8.59. The van der Waals surface area contributed by atoms with Crippen LogP contribution in [0.2, 0.25) is 0 Å². The Morgan fingerprint density at radius 3 is 2.72 bits per heavy atom. The molecule has 2 rings (SSSR count). The maximum atomic E-state index is 12.4. The molecule has 0 atom stereocenters. The zero-order chi connectivity index (χ0) is 13.1. The van der Waals surface area contributed by atoms with Crippen molar-refractivity contribution in [1.82, 2.24) is 4.90 Å². The van der Waals surface area contributed by atoms with E-state index in [0.29, 0.717) is 5.92 Å². The first-order valence-electron chi connectivity index (χ1n) is 6.60. The molecule has 1 aliphatic carbocycles. The first kappa shape index (κ1) is 13.6. The molecular formula is C15H20BrNO. The number of hydrogen-bond donors (Lipinski definition) is 0. The summed E-state index contributed by atoms with van der Waals surface area (Å²) in [6.45, 7) is 2.88. The van der Waals surface area contributed by atoms with Crippen molar-refractivity contribution in [2.75, 3.05) is 13.6 Å². The van der Waals surface area contributed by atoms with Gasteiger partial charge in [0, 0.05) is 23.6 Å². The maximum Gasteiger partial charge on any atom is 0.253 e. The first-order valence-corrected chi connectivity index (χ1v) is 7.39. The van der Waals surface area contributed by atoms with E-state index in [9.17, 15) is 4.79 Å². The molecule has 18 heavy (non-hydrogen) atoms. The van der Waals surface area contributed by atoms with Crippen LogP contribution in [0.5, 0.6) is 0 Å². The Labute approximate surface area is 117 Å². The summed E-state index contributed by atoms with van der Waals surface area (Å²) in [5, 5.41) is 0. The van der Waals surface area contributed by atoms with Crippen LogP contribution in [0.1, 0.15) is 41.6 Å². The fourth-order valence-electron chi connectivity index (χ4n) is 2.71. The molecule has 0 bridgehead atoms. The van der Waals surface area contributed by atoms with E-state index in [1.165, 1.54) is 25.7 Å². The Morgan fingerprint density at radius 2 is 2.06 bits per heavy atom. The quantitative estimate of drug-likeness (QED) is 0.826. The van der Waals surface area contributed by atoms with E-state index < -0.39 is 0 Å². The fourth-order valence-corrected chi connectivity index (χ4v) is 3.07. The third-order valence-electron chi connectivity index (χ3n) is 3.85. The Bertz CT molecular complexity index is 438. The molecule has 0 heterocycles. The highest BCUT2D eigenvalue weighted by Gasteiger charge is 2.21. The van der Waals surface area contributed by atoms with Gasteiger partial charge in [-0.25, -0.2) is 0 Å². The van der Waals surface area contributed by atoms with Crippen molar-refractivity contribution in [2.24, 2.45) is 5.92 Å². The van der Waals surface area contributed by atoms with Gasteiger partial charge in [-0.2, -0.15) is 0 Å². The molecule has 98 valence electrons. The second-order valence-electron chi connectivity index (χ2n) is 5.25. The average molecular weight is 310 g/mol. The molecule has 0 unspecified atom stereocenters. The topological polar surface area (TPSA) is 20.3 Å². The molecule has 1 aliphatic rings. The summed E-state index contributed by atoms with van der Waals surface area (Å²) < 4.78 is 1.00. The standard InChI is InChI=1S/C15H20BrNO/c1-11-13(8-5-9-14(11)16)15(18)17(2)10-12-6-3-4-7-12/h5,8-9,12H,3-4,6-7,10H2,1-2H3.